The quantitative estimate of drug-likeness (QED) is 0.461. The number of rotatable bonds is 7. The summed E-state index contributed by atoms with van der Waals surface area (Å²) in [5, 5.41) is 3.00. The molecule has 6 nitrogen and oxygen atoms in total. The molecule has 5 rings (SSSR count). The average Bonchev–Trinajstić information content (AvgIpc) is 3.46. The molecule has 0 unspecified atom stereocenters. The van der Waals surface area contributed by atoms with Gasteiger partial charge in [-0.15, -0.1) is 0 Å². The third-order valence-electron chi connectivity index (χ3n) is 6.72. The van der Waals surface area contributed by atoms with E-state index in [1.54, 1.807) is 11.6 Å². The monoisotopic (exact) mass is 454 g/mol. The highest BCUT2D eigenvalue weighted by molar-refractivity contribution is 5.81. The lowest BCUT2D eigenvalue weighted by molar-refractivity contribution is -0.121. The normalized spacial score (nSPS) is 14.0. The molecule has 1 saturated heterocycles. The van der Waals surface area contributed by atoms with Gasteiger partial charge in [-0.05, 0) is 60.3 Å². The first kappa shape index (κ1) is 22.2. The van der Waals surface area contributed by atoms with E-state index in [-0.39, 0.29) is 18.1 Å². The summed E-state index contributed by atoms with van der Waals surface area (Å²) in [5.41, 5.74) is 6.02. The maximum absolute atomic E-state index is 12.8. The maximum atomic E-state index is 12.8. The predicted octanol–water partition coefficient (Wildman–Crippen LogP) is 3.92. The molecule has 0 radical (unpaired) electrons. The van der Waals surface area contributed by atoms with Crippen molar-refractivity contribution >= 4 is 16.9 Å². The molecule has 174 valence electrons. The number of carbonyl (C=O) groups excluding carboxylic acids is 1. The van der Waals surface area contributed by atoms with Crippen LogP contribution in [0.15, 0.2) is 77.6 Å². The van der Waals surface area contributed by atoms with Gasteiger partial charge in [0.25, 0.3) is 0 Å². The van der Waals surface area contributed by atoms with Crippen molar-refractivity contribution < 1.29 is 4.79 Å². The second kappa shape index (κ2) is 9.69. The van der Waals surface area contributed by atoms with Crippen LogP contribution in [0.2, 0.25) is 0 Å². The first-order valence-corrected chi connectivity index (χ1v) is 11.9. The van der Waals surface area contributed by atoms with E-state index in [9.17, 15) is 9.59 Å². The van der Waals surface area contributed by atoms with Gasteiger partial charge in [0.05, 0.1) is 11.0 Å². The van der Waals surface area contributed by atoms with Crippen molar-refractivity contribution in [3.8, 4) is 11.1 Å². The number of likely N-dealkylation sites (tertiary alicyclic amines) is 1. The number of aromatic nitrogens is 2. The lowest BCUT2D eigenvalue weighted by Gasteiger charge is -2.15. The van der Waals surface area contributed by atoms with Gasteiger partial charge >= 0.3 is 5.69 Å². The summed E-state index contributed by atoms with van der Waals surface area (Å²) in [5.74, 6) is -0.186. The van der Waals surface area contributed by atoms with Gasteiger partial charge in [-0.2, -0.15) is 0 Å². The summed E-state index contributed by atoms with van der Waals surface area (Å²) in [6.07, 6.45) is 2.60. The molecule has 0 bridgehead atoms. The number of hydrogen-bond acceptors (Lipinski definition) is 3. The first-order valence-electron chi connectivity index (χ1n) is 11.9. The minimum Gasteiger partial charge on any atom is -0.350 e. The summed E-state index contributed by atoms with van der Waals surface area (Å²) in [6.45, 7) is 3.79. The molecule has 0 spiro atoms. The third kappa shape index (κ3) is 4.54. The Morgan fingerprint density at radius 2 is 1.56 bits per heavy atom. The lowest BCUT2D eigenvalue weighted by Crippen LogP contribution is -2.32. The van der Waals surface area contributed by atoms with Crippen LogP contribution in [-0.2, 0) is 31.5 Å². The van der Waals surface area contributed by atoms with Gasteiger partial charge in [-0.3, -0.25) is 18.8 Å². The van der Waals surface area contributed by atoms with Crippen LogP contribution >= 0.6 is 0 Å². The molecule has 6 heteroatoms. The molecular weight excluding hydrogens is 424 g/mol. The van der Waals surface area contributed by atoms with E-state index >= 15 is 0 Å². The smallest absolute Gasteiger partial charge is 0.329 e. The second-order valence-electron chi connectivity index (χ2n) is 9.03. The van der Waals surface area contributed by atoms with E-state index in [0.29, 0.717) is 6.54 Å². The molecule has 1 fully saturated rings. The molecule has 1 amide bonds. The largest absolute Gasteiger partial charge is 0.350 e. The molecule has 2 heterocycles. The minimum absolute atomic E-state index is 0.00640. The van der Waals surface area contributed by atoms with Gasteiger partial charge in [0.1, 0.15) is 6.54 Å². The number of nitrogens with zero attached hydrogens (tertiary/aromatic N) is 3. The minimum atomic E-state index is -0.189. The van der Waals surface area contributed by atoms with Crippen molar-refractivity contribution in [2.75, 3.05) is 13.1 Å². The summed E-state index contributed by atoms with van der Waals surface area (Å²) in [4.78, 5) is 27.9. The van der Waals surface area contributed by atoms with Gasteiger partial charge in [0.15, 0.2) is 0 Å². The van der Waals surface area contributed by atoms with Gasteiger partial charge < -0.3 is 5.32 Å². The fourth-order valence-electron chi connectivity index (χ4n) is 4.85. The summed E-state index contributed by atoms with van der Waals surface area (Å²) in [7, 11) is 1.73. The molecule has 1 aromatic heterocycles. The van der Waals surface area contributed by atoms with Crippen LogP contribution in [0.4, 0.5) is 0 Å². The number of imidazole rings is 1. The zero-order valence-electron chi connectivity index (χ0n) is 19.5. The fourth-order valence-corrected chi connectivity index (χ4v) is 4.85. The first-order chi connectivity index (χ1) is 16.6. The molecule has 1 aliphatic heterocycles. The van der Waals surface area contributed by atoms with Crippen LogP contribution < -0.4 is 11.0 Å². The third-order valence-corrected chi connectivity index (χ3v) is 6.72. The standard InChI is InChI=1S/C28H30N4O2/c1-30-25-10-4-5-11-26(25)32(28(30)34)20-27(33)29-18-23-8-2-3-9-24(23)22-14-12-21(13-15-22)19-31-16-6-7-17-31/h2-5,8-15H,6-7,16-20H2,1H3,(H,29,33). The Morgan fingerprint density at radius 1 is 0.882 bits per heavy atom. The summed E-state index contributed by atoms with van der Waals surface area (Å²) < 4.78 is 3.10. The molecule has 0 atom stereocenters. The molecule has 1 N–H and O–H groups in total. The van der Waals surface area contributed by atoms with Gasteiger partial charge in [-0.25, -0.2) is 4.79 Å². The second-order valence-corrected chi connectivity index (χ2v) is 9.03. The molecule has 1 aliphatic rings. The van der Waals surface area contributed by atoms with E-state index in [0.717, 1.165) is 34.3 Å². The number of benzene rings is 3. The Bertz CT molecular complexity index is 1360. The Hall–Kier alpha value is -3.64. The van der Waals surface area contributed by atoms with Crippen molar-refractivity contribution in [3.05, 3.63) is 94.4 Å². The van der Waals surface area contributed by atoms with Crippen LogP contribution in [0.1, 0.15) is 24.0 Å². The highest BCUT2D eigenvalue weighted by Crippen LogP contribution is 2.25. The highest BCUT2D eigenvalue weighted by atomic mass is 16.2. The fraction of sp³-hybridized carbons (Fsp3) is 0.286. The Kier molecular flexibility index (Phi) is 6.32. The Morgan fingerprint density at radius 3 is 2.32 bits per heavy atom. The van der Waals surface area contributed by atoms with E-state index in [2.05, 4.69) is 40.5 Å². The lowest BCUT2D eigenvalue weighted by atomic mass is 9.98. The van der Waals surface area contributed by atoms with E-state index in [1.165, 1.54) is 36.1 Å². The number of para-hydroxylation sites is 2. The van der Waals surface area contributed by atoms with Crippen LogP contribution in [0.5, 0.6) is 0 Å². The number of hydrogen-bond donors (Lipinski definition) is 1. The van der Waals surface area contributed by atoms with E-state index in [1.807, 2.05) is 42.5 Å². The molecular formula is C28H30N4O2. The number of carbonyl (C=O) groups is 1. The molecule has 3 aromatic carbocycles. The van der Waals surface area contributed by atoms with Gasteiger partial charge in [-0.1, -0.05) is 60.7 Å². The summed E-state index contributed by atoms with van der Waals surface area (Å²) in [6, 6.07) is 24.4. The van der Waals surface area contributed by atoms with Crippen molar-refractivity contribution in [1.29, 1.82) is 0 Å². The van der Waals surface area contributed by atoms with Crippen molar-refractivity contribution in [3.63, 3.8) is 0 Å². The molecule has 34 heavy (non-hydrogen) atoms. The highest BCUT2D eigenvalue weighted by Gasteiger charge is 2.14. The number of fused-ring (bicyclic) bond motifs is 1. The maximum Gasteiger partial charge on any atom is 0.329 e. The predicted molar refractivity (Wildman–Crippen MR) is 135 cm³/mol. The molecule has 0 aliphatic carbocycles. The van der Waals surface area contributed by atoms with Crippen molar-refractivity contribution in [1.82, 2.24) is 19.4 Å². The molecule has 4 aromatic rings. The van der Waals surface area contributed by atoms with Crippen LogP contribution in [0.25, 0.3) is 22.2 Å². The molecule has 0 saturated carbocycles. The zero-order chi connectivity index (χ0) is 23.5. The van der Waals surface area contributed by atoms with Crippen LogP contribution in [-0.4, -0.2) is 33.0 Å². The Balaban J connectivity index is 1.28. The van der Waals surface area contributed by atoms with Gasteiger partial charge in [0, 0.05) is 20.1 Å². The number of amides is 1. The van der Waals surface area contributed by atoms with E-state index in [4.69, 9.17) is 0 Å². The average molecular weight is 455 g/mol. The van der Waals surface area contributed by atoms with Crippen molar-refractivity contribution in [2.45, 2.75) is 32.5 Å². The zero-order valence-corrected chi connectivity index (χ0v) is 19.5. The SMILES string of the molecule is Cn1c(=O)n(CC(=O)NCc2ccccc2-c2ccc(CN3CCCC3)cc2)c2ccccc21. The van der Waals surface area contributed by atoms with Gasteiger partial charge in [0.2, 0.25) is 5.91 Å². The Labute approximate surface area is 199 Å². The van der Waals surface area contributed by atoms with Crippen molar-refractivity contribution in [2.24, 2.45) is 7.05 Å². The van der Waals surface area contributed by atoms with Crippen LogP contribution in [0, 0.1) is 0 Å². The summed E-state index contributed by atoms with van der Waals surface area (Å²) >= 11 is 0. The number of nitrogens with one attached hydrogen (secondary N) is 1. The number of aryl methyl sites for hydroxylation is 1. The van der Waals surface area contributed by atoms with E-state index < -0.39 is 0 Å². The van der Waals surface area contributed by atoms with Crippen LogP contribution in [0.3, 0.4) is 0 Å². The topological polar surface area (TPSA) is 59.3 Å².